The molecule has 1 aliphatic heterocycles. The van der Waals surface area contributed by atoms with Crippen LogP contribution in [0.25, 0.3) is 0 Å². The van der Waals surface area contributed by atoms with Crippen LogP contribution in [-0.4, -0.2) is 74.8 Å². The van der Waals surface area contributed by atoms with Gasteiger partial charge in [-0.25, -0.2) is 0 Å². The number of hydrogen-bond acceptors (Lipinski definition) is 8. The number of piperazine rings is 1. The van der Waals surface area contributed by atoms with Crippen LogP contribution < -0.4 is 0 Å². The van der Waals surface area contributed by atoms with Crippen LogP contribution in [0.2, 0.25) is 0 Å². The first-order valence-corrected chi connectivity index (χ1v) is 11.7. The Bertz CT molecular complexity index is 1200. The fourth-order valence-corrected chi connectivity index (χ4v) is 4.02. The molecule has 1 fully saturated rings. The minimum absolute atomic E-state index is 0. The Labute approximate surface area is 220 Å². The normalized spacial score (nSPS) is 13.6. The van der Waals surface area contributed by atoms with Crippen molar-refractivity contribution in [3.63, 3.8) is 0 Å². The van der Waals surface area contributed by atoms with E-state index in [0.29, 0.717) is 63.0 Å². The third-order valence-corrected chi connectivity index (χ3v) is 6.10. The number of non-ortho nitro benzene ring substituents is 1. The monoisotopic (exact) mass is 528 g/mol. The van der Waals surface area contributed by atoms with Crippen LogP contribution in [0.5, 0.6) is 0 Å². The predicted molar refractivity (Wildman–Crippen MR) is 137 cm³/mol. The van der Waals surface area contributed by atoms with Crippen molar-refractivity contribution in [1.82, 2.24) is 24.8 Å². The number of rotatable bonds is 9. The first kappa shape index (κ1) is 27.8. The number of hydrogen-bond donors (Lipinski definition) is 0. The minimum Gasteiger partial charge on any atom is -0.341 e. The van der Waals surface area contributed by atoms with Crippen LogP contribution in [0.1, 0.15) is 34.1 Å². The van der Waals surface area contributed by atoms with Crippen molar-refractivity contribution in [2.45, 2.75) is 25.9 Å². The van der Waals surface area contributed by atoms with E-state index in [1.54, 1.807) is 16.8 Å². The second-order valence-electron chi connectivity index (χ2n) is 8.71. The smallest absolute Gasteiger partial charge is 0.269 e. The molecule has 0 unspecified atom stereocenters. The number of amides is 2. The number of carbonyl (C=O) groups excluding carboxylic acids is 2. The molecule has 4 rings (SSSR count). The molecule has 0 bridgehead atoms. The number of halogens is 1. The number of nitro benzene ring substituents is 1. The van der Waals surface area contributed by atoms with Gasteiger partial charge in [-0.2, -0.15) is 4.98 Å². The topological polar surface area (TPSA) is 126 Å². The Morgan fingerprint density at radius 3 is 2.38 bits per heavy atom. The molecule has 2 heterocycles. The molecule has 2 amide bonds. The summed E-state index contributed by atoms with van der Waals surface area (Å²) in [5, 5.41) is 14.8. The maximum atomic E-state index is 12.7. The van der Waals surface area contributed by atoms with Crippen LogP contribution in [0.4, 0.5) is 5.69 Å². The highest BCUT2D eigenvalue weighted by molar-refractivity contribution is 5.94. The summed E-state index contributed by atoms with van der Waals surface area (Å²) in [4.78, 5) is 45.4. The molecule has 37 heavy (non-hydrogen) atoms. The zero-order valence-electron chi connectivity index (χ0n) is 20.5. The Balaban J connectivity index is 0.00000380. The lowest BCUT2D eigenvalue weighted by Crippen LogP contribution is -2.48. The second kappa shape index (κ2) is 12.9. The van der Waals surface area contributed by atoms with Gasteiger partial charge in [0, 0.05) is 70.3 Å². The molecule has 0 atom stereocenters. The lowest BCUT2D eigenvalue weighted by Gasteiger charge is -2.34. The molecule has 1 saturated heterocycles. The second-order valence-corrected chi connectivity index (χ2v) is 8.71. The van der Waals surface area contributed by atoms with Crippen molar-refractivity contribution in [1.29, 1.82) is 0 Å². The van der Waals surface area contributed by atoms with E-state index in [4.69, 9.17) is 4.52 Å². The fraction of sp³-hybridized carbons (Fsp3) is 0.360. The molecule has 0 aliphatic carbocycles. The van der Waals surface area contributed by atoms with Crippen LogP contribution in [0.15, 0.2) is 59.1 Å². The summed E-state index contributed by atoms with van der Waals surface area (Å²) >= 11 is 0. The minimum atomic E-state index is -0.487. The van der Waals surface area contributed by atoms with Crippen molar-refractivity contribution in [2.75, 3.05) is 33.2 Å². The molecule has 0 N–H and O–H groups in total. The number of aryl methyl sites for hydroxylation is 1. The van der Waals surface area contributed by atoms with E-state index in [1.165, 1.54) is 24.3 Å². The van der Waals surface area contributed by atoms with E-state index in [1.807, 2.05) is 30.3 Å². The third kappa shape index (κ3) is 7.58. The third-order valence-electron chi connectivity index (χ3n) is 6.10. The molecule has 0 saturated carbocycles. The summed E-state index contributed by atoms with van der Waals surface area (Å²) in [5.41, 5.74) is 1.46. The van der Waals surface area contributed by atoms with E-state index in [9.17, 15) is 19.7 Å². The SMILES string of the molecule is CN(Cc1ccccc1)C(=O)CCc1nc(CN2CCN(C(=O)c3ccc([N+](=O)[O-])cc3)CC2)no1.Cl. The molecule has 0 spiro atoms. The molecule has 1 aromatic heterocycles. The highest BCUT2D eigenvalue weighted by atomic mass is 35.5. The summed E-state index contributed by atoms with van der Waals surface area (Å²) in [6.07, 6.45) is 0.664. The van der Waals surface area contributed by atoms with Gasteiger partial charge in [0.1, 0.15) is 0 Å². The maximum Gasteiger partial charge on any atom is 0.269 e. The van der Waals surface area contributed by atoms with Gasteiger partial charge in [0.25, 0.3) is 11.6 Å². The van der Waals surface area contributed by atoms with Crippen LogP contribution >= 0.6 is 12.4 Å². The number of nitro groups is 1. The lowest BCUT2D eigenvalue weighted by molar-refractivity contribution is -0.384. The van der Waals surface area contributed by atoms with Gasteiger partial charge in [0.2, 0.25) is 11.8 Å². The highest BCUT2D eigenvalue weighted by Crippen LogP contribution is 2.15. The molecule has 196 valence electrons. The van der Waals surface area contributed by atoms with Gasteiger partial charge in [-0.1, -0.05) is 35.5 Å². The number of nitrogens with zero attached hydrogens (tertiary/aromatic N) is 6. The van der Waals surface area contributed by atoms with E-state index < -0.39 is 4.92 Å². The van der Waals surface area contributed by atoms with Gasteiger partial charge in [-0.15, -0.1) is 12.4 Å². The van der Waals surface area contributed by atoms with Crippen LogP contribution in [-0.2, 0) is 24.3 Å². The largest absolute Gasteiger partial charge is 0.341 e. The Morgan fingerprint density at radius 1 is 1.05 bits per heavy atom. The Hall–Kier alpha value is -3.83. The maximum absolute atomic E-state index is 12.7. The predicted octanol–water partition coefficient (Wildman–Crippen LogP) is 2.95. The first-order valence-electron chi connectivity index (χ1n) is 11.7. The number of aromatic nitrogens is 2. The molecule has 11 nitrogen and oxygen atoms in total. The average Bonchev–Trinajstić information content (AvgIpc) is 3.35. The lowest BCUT2D eigenvalue weighted by atomic mass is 10.1. The standard InChI is InChI=1S/C25H28N6O5.ClH/c1-28(17-19-5-3-2-4-6-19)24(32)12-11-23-26-22(27-36-23)18-29-13-15-30(16-14-29)25(33)20-7-9-21(10-8-20)31(34)35;/h2-10H,11-18H2,1H3;1H. The zero-order valence-corrected chi connectivity index (χ0v) is 21.3. The van der Waals surface area contributed by atoms with Crippen LogP contribution in [0.3, 0.4) is 0 Å². The van der Waals surface area contributed by atoms with E-state index in [2.05, 4.69) is 15.0 Å². The summed E-state index contributed by atoms with van der Waals surface area (Å²) in [5.74, 6) is 0.837. The Kier molecular flexibility index (Phi) is 9.70. The molecule has 12 heteroatoms. The highest BCUT2D eigenvalue weighted by Gasteiger charge is 2.24. The quantitative estimate of drug-likeness (QED) is 0.306. The molecule has 0 radical (unpaired) electrons. The zero-order chi connectivity index (χ0) is 25.5. The Morgan fingerprint density at radius 2 is 1.73 bits per heavy atom. The number of carbonyl (C=O) groups is 2. The van der Waals surface area contributed by atoms with Crippen molar-refractivity contribution >= 4 is 29.9 Å². The summed E-state index contributed by atoms with van der Waals surface area (Å²) in [6.45, 7) is 3.39. The van der Waals surface area contributed by atoms with Crippen molar-refractivity contribution in [3.8, 4) is 0 Å². The molecule has 1 aliphatic rings. The summed E-state index contributed by atoms with van der Waals surface area (Å²) in [6, 6.07) is 15.5. The van der Waals surface area contributed by atoms with Crippen molar-refractivity contribution in [3.05, 3.63) is 87.6 Å². The fourth-order valence-electron chi connectivity index (χ4n) is 4.02. The van der Waals surface area contributed by atoms with E-state index in [0.717, 1.165) is 5.56 Å². The molecule has 2 aromatic carbocycles. The van der Waals surface area contributed by atoms with Crippen molar-refractivity contribution in [2.24, 2.45) is 0 Å². The van der Waals surface area contributed by atoms with Gasteiger partial charge in [0.15, 0.2) is 5.82 Å². The average molecular weight is 529 g/mol. The van der Waals surface area contributed by atoms with Gasteiger partial charge in [-0.3, -0.25) is 24.6 Å². The van der Waals surface area contributed by atoms with Gasteiger partial charge < -0.3 is 14.3 Å². The van der Waals surface area contributed by atoms with Crippen LogP contribution in [0, 0.1) is 10.1 Å². The summed E-state index contributed by atoms with van der Waals surface area (Å²) < 4.78 is 5.33. The molecular weight excluding hydrogens is 500 g/mol. The summed E-state index contributed by atoms with van der Waals surface area (Å²) in [7, 11) is 1.78. The van der Waals surface area contributed by atoms with Crippen molar-refractivity contribution < 1.29 is 19.0 Å². The molecule has 3 aromatic rings. The van der Waals surface area contributed by atoms with Gasteiger partial charge in [-0.05, 0) is 17.7 Å². The number of benzene rings is 2. The van der Waals surface area contributed by atoms with Gasteiger partial charge >= 0.3 is 0 Å². The van der Waals surface area contributed by atoms with Gasteiger partial charge in [0.05, 0.1) is 11.5 Å². The van der Waals surface area contributed by atoms with E-state index in [-0.39, 0.29) is 36.3 Å². The molecular formula is C25H29ClN6O5. The van der Waals surface area contributed by atoms with E-state index >= 15 is 0 Å². The first-order chi connectivity index (χ1) is 17.4.